The van der Waals surface area contributed by atoms with E-state index in [-0.39, 0.29) is 6.10 Å². The average Bonchev–Trinajstić information content (AvgIpc) is 2.56. The lowest BCUT2D eigenvalue weighted by atomic mass is 9.85. The third-order valence-corrected chi connectivity index (χ3v) is 4.91. The van der Waals surface area contributed by atoms with E-state index >= 15 is 0 Å². The summed E-state index contributed by atoms with van der Waals surface area (Å²) in [5.41, 5.74) is 0. The topological polar surface area (TPSA) is 20.2 Å². The average molecular weight is 307 g/mol. The normalized spacial score (nSPS) is 18.5. The van der Waals surface area contributed by atoms with Gasteiger partial charge < -0.3 is 5.11 Å². The van der Waals surface area contributed by atoms with Crippen LogP contribution in [0.1, 0.15) is 96.8 Å². The van der Waals surface area contributed by atoms with Gasteiger partial charge in [-0.3, -0.25) is 0 Å². The minimum Gasteiger partial charge on any atom is -0.389 e. The first kappa shape index (κ1) is 19.5. The van der Waals surface area contributed by atoms with Crippen LogP contribution in [0.25, 0.3) is 0 Å². The SMILES string of the molecule is CCCCCCCCCC/C=C\C=C\C(O)C1CCCCC1. The predicted molar refractivity (Wildman–Crippen MR) is 98.1 cm³/mol. The van der Waals surface area contributed by atoms with E-state index in [2.05, 4.69) is 19.1 Å². The number of unbranched alkanes of at least 4 members (excludes halogenated alkanes) is 8. The molecular weight excluding hydrogens is 268 g/mol. The van der Waals surface area contributed by atoms with E-state index in [0.717, 1.165) is 0 Å². The van der Waals surface area contributed by atoms with Gasteiger partial charge in [0.2, 0.25) is 0 Å². The van der Waals surface area contributed by atoms with Gasteiger partial charge in [-0.1, -0.05) is 95.4 Å². The number of allylic oxidation sites excluding steroid dienone is 3. The predicted octanol–water partition coefficient (Wildman–Crippen LogP) is 6.57. The van der Waals surface area contributed by atoms with E-state index < -0.39 is 0 Å². The molecule has 128 valence electrons. The highest BCUT2D eigenvalue weighted by atomic mass is 16.3. The van der Waals surface area contributed by atoms with Crippen molar-refractivity contribution in [1.82, 2.24) is 0 Å². The third-order valence-electron chi connectivity index (χ3n) is 4.91. The van der Waals surface area contributed by atoms with Crippen LogP contribution in [0.2, 0.25) is 0 Å². The summed E-state index contributed by atoms with van der Waals surface area (Å²) < 4.78 is 0. The molecule has 0 heterocycles. The summed E-state index contributed by atoms with van der Waals surface area (Å²) in [6.45, 7) is 2.27. The Morgan fingerprint density at radius 1 is 0.864 bits per heavy atom. The van der Waals surface area contributed by atoms with Gasteiger partial charge in [-0.2, -0.15) is 0 Å². The fourth-order valence-corrected chi connectivity index (χ4v) is 3.38. The summed E-state index contributed by atoms with van der Waals surface area (Å²) in [5.74, 6) is 0.506. The van der Waals surface area contributed by atoms with Crippen LogP contribution in [0.5, 0.6) is 0 Å². The number of hydrogen-bond acceptors (Lipinski definition) is 1. The van der Waals surface area contributed by atoms with Crippen LogP contribution in [0.3, 0.4) is 0 Å². The van der Waals surface area contributed by atoms with Crippen molar-refractivity contribution in [3.63, 3.8) is 0 Å². The lowest BCUT2D eigenvalue weighted by Crippen LogP contribution is -2.20. The van der Waals surface area contributed by atoms with Gasteiger partial charge in [0.15, 0.2) is 0 Å². The lowest BCUT2D eigenvalue weighted by molar-refractivity contribution is 0.125. The van der Waals surface area contributed by atoms with Crippen LogP contribution in [0, 0.1) is 5.92 Å². The molecule has 0 spiro atoms. The zero-order chi connectivity index (χ0) is 15.9. The van der Waals surface area contributed by atoms with Crippen LogP contribution in [-0.2, 0) is 0 Å². The summed E-state index contributed by atoms with van der Waals surface area (Å²) in [6.07, 6.45) is 26.8. The zero-order valence-corrected chi connectivity index (χ0v) is 14.8. The van der Waals surface area contributed by atoms with E-state index in [1.807, 2.05) is 12.2 Å². The third kappa shape index (κ3) is 10.2. The molecule has 1 rings (SSSR count). The van der Waals surface area contributed by atoms with Crippen molar-refractivity contribution in [2.24, 2.45) is 5.92 Å². The second-order valence-electron chi connectivity index (χ2n) is 6.97. The Kier molecular flexibility index (Phi) is 12.5. The van der Waals surface area contributed by atoms with Gasteiger partial charge in [-0.05, 0) is 31.6 Å². The smallest absolute Gasteiger partial charge is 0.0752 e. The van der Waals surface area contributed by atoms with Crippen LogP contribution in [0.15, 0.2) is 24.3 Å². The van der Waals surface area contributed by atoms with Gasteiger partial charge in [-0.25, -0.2) is 0 Å². The summed E-state index contributed by atoms with van der Waals surface area (Å²) in [5, 5.41) is 10.1. The largest absolute Gasteiger partial charge is 0.389 e. The number of aliphatic hydroxyl groups excluding tert-OH is 1. The number of hydrogen-bond donors (Lipinski definition) is 1. The maximum absolute atomic E-state index is 10.1. The van der Waals surface area contributed by atoms with Crippen molar-refractivity contribution in [2.45, 2.75) is 103 Å². The monoisotopic (exact) mass is 306 g/mol. The molecule has 0 aromatic rings. The Balaban J connectivity index is 1.93. The first-order valence-electron chi connectivity index (χ1n) is 9.86. The molecule has 1 atom stereocenters. The molecule has 1 nitrogen and oxygen atoms in total. The van der Waals surface area contributed by atoms with E-state index in [1.54, 1.807) is 0 Å². The van der Waals surface area contributed by atoms with Crippen molar-refractivity contribution in [2.75, 3.05) is 0 Å². The molecule has 1 aliphatic rings. The molecule has 1 aliphatic carbocycles. The van der Waals surface area contributed by atoms with Gasteiger partial charge in [0.1, 0.15) is 0 Å². The molecule has 0 bridgehead atoms. The van der Waals surface area contributed by atoms with E-state index in [9.17, 15) is 5.11 Å². The number of rotatable bonds is 12. The molecule has 0 aromatic heterocycles. The standard InChI is InChI=1S/C21H38O/c1-2-3-4-5-6-7-8-9-10-11-12-16-19-21(22)20-17-14-13-15-18-20/h11-12,16,19-22H,2-10,13-15,17-18H2,1H3/b12-11-,19-16+. The lowest BCUT2D eigenvalue weighted by Gasteiger charge is -2.24. The quantitative estimate of drug-likeness (QED) is 0.319. The molecule has 1 unspecified atom stereocenters. The minimum atomic E-state index is -0.229. The van der Waals surface area contributed by atoms with Crippen molar-refractivity contribution in [3.05, 3.63) is 24.3 Å². The van der Waals surface area contributed by atoms with Crippen LogP contribution in [0.4, 0.5) is 0 Å². The Labute approximate surface area is 138 Å². The fraction of sp³-hybridized carbons (Fsp3) is 0.810. The van der Waals surface area contributed by atoms with E-state index in [1.165, 1.54) is 89.9 Å². The van der Waals surface area contributed by atoms with Gasteiger partial charge >= 0.3 is 0 Å². The molecule has 0 aromatic carbocycles. The Morgan fingerprint density at radius 3 is 2.18 bits per heavy atom. The van der Waals surface area contributed by atoms with Crippen molar-refractivity contribution < 1.29 is 5.11 Å². The Bertz CT molecular complexity index is 286. The highest BCUT2D eigenvalue weighted by Gasteiger charge is 2.18. The van der Waals surface area contributed by atoms with E-state index in [4.69, 9.17) is 0 Å². The van der Waals surface area contributed by atoms with Gasteiger partial charge in [0.05, 0.1) is 6.10 Å². The van der Waals surface area contributed by atoms with Crippen LogP contribution in [-0.4, -0.2) is 11.2 Å². The first-order valence-corrected chi connectivity index (χ1v) is 9.86. The molecule has 1 heteroatoms. The molecule has 1 saturated carbocycles. The van der Waals surface area contributed by atoms with Crippen LogP contribution >= 0.6 is 0 Å². The minimum absolute atomic E-state index is 0.229. The zero-order valence-electron chi connectivity index (χ0n) is 14.8. The molecule has 0 amide bonds. The van der Waals surface area contributed by atoms with Gasteiger partial charge in [0, 0.05) is 0 Å². The summed E-state index contributed by atoms with van der Waals surface area (Å²) in [6, 6.07) is 0. The fourth-order valence-electron chi connectivity index (χ4n) is 3.38. The maximum atomic E-state index is 10.1. The highest BCUT2D eigenvalue weighted by Crippen LogP contribution is 2.26. The molecule has 1 N–H and O–H groups in total. The highest BCUT2D eigenvalue weighted by molar-refractivity contribution is 5.05. The molecular formula is C21H38O. The summed E-state index contributed by atoms with van der Waals surface area (Å²) >= 11 is 0. The van der Waals surface area contributed by atoms with Crippen LogP contribution < -0.4 is 0 Å². The maximum Gasteiger partial charge on any atom is 0.0752 e. The molecule has 1 fully saturated rings. The van der Waals surface area contributed by atoms with Crippen molar-refractivity contribution in [3.8, 4) is 0 Å². The van der Waals surface area contributed by atoms with Crippen molar-refractivity contribution >= 4 is 0 Å². The molecule has 22 heavy (non-hydrogen) atoms. The van der Waals surface area contributed by atoms with Crippen molar-refractivity contribution in [1.29, 1.82) is 0 Å². The van der Waals surface area contributed by atoms with Gasteiger partial charge in [0.25, 0.3) is 0 Å². The molecule has 0 saturated heterocycles. The van der Waals surface area contributed by atoms with E-state index in [0.29, 0.717) is 5.92 Å². The molecule has 0 aliphatic heterocycles. The number of aliphatic hydroxyl groups is 1. The Morgan fingerprint density at radius 2 is 1.50 bits per heavy atom. The second kappa shape index (κ2) is 14.1. The first-order chi connectivity index (χ1) is 10.8. The van der Waals surface area contributed by atoms with Gasteiger partial charge in [-0.15, -0.1) is 0 Å². The molecule has 0 radical (unpaired) electrons. The summed E-state index contributed by atoms with van der Waals surface area (Å²) in [7, 11) is 0. The second-order valence-corrected chi connectivity index (χ2v) is 6.97. The Hall–Kier alpha value is -0.560. The summed E-state index contributed by atoms with van der Waals surface area (Å²) in [4.78, 5) is 0.